The van der Waals surface area contributed by atoms with Crippen molar-refractivity contribution < 1.29 is 4.74 Å². The summed E-state index contributed by atoms with van der Waals surface area (Å²) in [6.07, 6.45) is 4.06. The molecule has 3 aromatic rings. The molecule has 0 saturated heterocycles. The first kappa shape index (κ1) is 13.3. The number of nitrogens with one attached hydrogen (secondary N) is 1. The highest BCUT2D eigenvalue weighted by atomic mass is 16.5. The first-order valence-electron chi connectivity index (χ1n) is 6.86. The molecular formula is C16H16N4O. The Hall–Kier alpha value is -2.69. The lowest BCUT2D eigenvalue weighted by Gasteiger charge is -2.13. The number of fused-ring (bicyclic) bond motifs is 1. The highest BCUT2D eigenvalue weighted by Crippen LogP contribution is 2.31. The maximum atomic E-state index is 6.03. The molecule has 0 saturated carbocycles. The Morgan fingerprint density at radius 3 is 2.81 bits per heavy atom. The molecule has 5 nitrogen and oxygen atoms in total. The summed E-state index contributed by atoms with van der Waals surface area (Å²) < 4.78 is 6.03. The number of ether oxygens (including phenoxy) is 1. The van der Waals surface area contributed by atoms with E-state index >= 15 is 0 Å². The van der Waals surface area contributed by atoms with E-state index < -0.39 is 0 Å². The molecule has 0 aliphatic rings. The van der Waals surface area contributed by atoms with Gasteiger partial charge in [0, 0.05) is 18.6 Å². The van der Waals surface area contributed by atoms with E-state index in [4.69, 9.17) is 4.74 Å². The Kier molecular flexibility index (Phi) is 3.64. The smallest absolute Gasteiger partial charge is 0.227 e. The molecule has 5 heteroatoms. The summed E-state index contributed by atoms with van der Waals surface area (Å²) in [6, 6.07) is 9.70. The van der Waals surface area contributed by atoms with Crippen LogP contribution in [0, 0.1) is 0 Å². The van der Waals surface area contributed by atoms with Crippen LogP contribution in [0.4, 0.5) is 5.82 Å². The third-order valence-corrected chi connectivity index (χ3v) is 3.31. The largest absolute Gasteiger partial charge is 0.438 e. The molecule has 2 heterocycles. The zero-order valence-electron chi connectivity index (χ0n) is 12.0. The van der Waals surface area contributed by atoms with Crippen LogP contribution >= 0.6 is 0 Å². The van der Waals surface area contributed by atoms with Crippen LogP contribution in [-0.4, -0.2) is 22.0 Å². The second-order valence-electron chi connectivity index (χ2n) is 4.54. The molecule has 0 atom stereocenters. The average molecular weight is 280 g/mol. The van der Waals surface area contributed by atoms with Gasteiger partial charge in [-0.2, -0.15) is 0 Å². The third kappa shape index (κ3) is 2.50. The molecule has 0 radical (unpaired) electrons. The minimum Gasteiger partial charge on any atom is -0.438 e. The fraction of sp³-hybridized carbons (Fsp3) is 0.188. The molecule has 1 aromatic carbocycles. The molecule has 0 aliphatic heterocycles. The molecule has 106 valence electrons. The van der Waals surface area contributed by atoms with E-state index in [1.807, 2.05) is 37.4 Å². The Labute approximate surface area is 123 Å². The van der Waals surface area contributed by atoms with Crippen LogP contribution in [0.5, 0.6) is 11.6 Å². The van der Waals surface area contributed by atoms with Gasteiger partial charge in [-0.3, -0.25) is 4.98 Å². The van der Waals surface area contributed by atoms with Crippen LogP contribution < -0.4 is 10.1 Å². The van der Waals surface area contributed by atoms with Gasteiger partial charge in [0.15, 0.2) is 0 Å². The summed E-state index contributed by atoms with van der Waals surface area (Å²) in [5.41, 5.74) is 1.86. The Bertz CT molecular complexity index is 768. The molecule has 0 aliphatic carbocycles. The lowest BCUT2D eigenvalue weighted by Crippen LogP contribution is -2.02. The number of pyridine rings is 1. The number of benzene rings is 1. The predicted octanol–water partition coefficient (Wildman–Crippen LogP) is 3.42. The van der Waals surface area contributed by atoms with E-state index in [0.29, 0.717) is 5.88 Å². The van der Waals surface area contributed by atoms with Crippen LogP contribution in [0.15, 0.2) is 42.9 Å². The SMILES string of the molecule is CCc1c(NC)ncnc1Oc1cccc2ncccc12. The summed E-state index contributed by atoms with van der Waals surface area (Å²) in [7, 11) is 1.84. The van der Waals surface area contributed by atoms with E-state index in [1.54, 1.807) is 6.20 Å². The van der Waals surface area contributed by atoms with Crippen molar-refractivity contribution >= 4 is 16.7 Å². The standard InChI is InChI=1S/C16H16N4O/c1-3-11-15(17-2)19-10-20-16(11)21-14-8-4-7-13-12(14)6-5-9-18-13/h4-10H,3H2,1-2H3,(H,17,19,20). The molecule has 0 fully saturated rings. The van der Waals surface area contributed by atoms with Crippen molar-refractivity contribution in [1.82, 2.24) is 15.0 Å². The van der Waals surface area contributed by atoms with Gasteiger partial charge in [-0.1, -0.05) is 13.0 Å². The fourth-order valence-corrected chi connectivity index (χ4v) is 2.29. The Balaban J connectivity index is 2.07. The van der Waals surface area contributed by atoms with Gasteiger partial charge < -0.3 is 10.1 Å². The van der Waals surface area contributed by atoms with Crippen LogP contribution in [0.1, 0.15) is 12.5 Å². The number of anilines is 1. The van der Waals surface area contributed by atoms with Crippen LogP contribution in [0.25, 0.3) is 10.9 Å². The maximum absolute atomic E-state index is 6.03. The highest BCUT2D eigenvalue weighted by molar-refractivity contribution is 5.85. The average Bonchev–Trinajstić information content (AvgIpc) is 2.55. The van der Waals surface area contributed by atoms with Crippen molar-refractivity contribution in [2.24, 2.45) is 0 Å². The second kappa shape index (κ2) is 5.75. The number of hydrogen-bond acceptors (Lipinski definition) is 5. The molecule has 0 amide bonds. The number of nitrogens with zero attached hydrogens (tertiary/aromatic N) is 3. The first-order valence-corrected chi connectivity index (χ1v) is 6.86. The minimum atomic E-state index is 0.577. The lowest BCUT2D eigenvalue weighted by atomic mass is 10.2. The van der Waals surface area contributed by atoms with Gasteiger partial charge in [0.05, 0.1) is 11.1 Å². The molecule has 0 bridgehead atoms. The van der Waals surface area contributed by atoms with Crippen molar-refractivity contribution in [3.05, 3.63) is 48.4 Å². The van der Waals surface area contributed by atoms with E-state index in [1.165, 1.54) is 6.33 Å². The van der Waals surface area contributed by atoms with E-state index in [9.17, 15) is 0 Å². The van der Waals surface area contributed by atoms with E-state index in [2.05, 4.69) is 27.2 Å². The predicted molar refractivity (Wildman–Crippen MR) is 82.8 cm³/mol. The summed E-state index contributed by atoms with van der Waals surface area (Å²) in [5, 5.41) is 4.03. The van der Waals surface area contributed by atoms with Crippen LogP contribution in [-0.2, 0) is 6.42 Å². The zero-order valence-corrected chi connectivity index (χ0v) is 12.0. The molecule has 2 aromatic heterocycles. The quantitative estimate of drug-likeness (QED) is 0.793. The van der Waals surface area contributed by atoms with Crippen LogP contribution in [0.3, 0.4) is 0 Å². The van der Waals surface area contributed by atoms with E-state index in [0.717, 1.165) is 34.5 Å². The third-order valence-electron chi connectivity index (χ3n) is 3.31. The van der Waals surface area contributed by atoms with Gasteiger partial charge >= 0.3 is 0 Å². The number of aromatic nitrogens is 3. The summed E-state index contributed by atoms with van der Waals surface area (Å²) in [5.74, 6) is 2.12. The summed E-state index contributed by atoms with van der Waals surface area (Å²) in [4.78, 5) is 12.8. The molecule has 1 N–H and O–H groups in total. The molecule has 0 unspecified atom stereocenters. The van der Waals surface area contributed by atoms with Crippen molar-refractivity contribution in [2.75, 3.05) is 12.4 Å². The molecule has 21 heavy (non-hydrogen) atoms. The van der Waals surface area contributed by atoms with Gasteiger partial charge in [-0.15, -0.1) is 0 Å². The highest BCUT2D eigenvalue weighted by Gasteiger charge is 2.12. The van der Waals surface area contributed by atoms with Gasteiger partial charge in [-0.05, 0) is 30.7 Å². The minimum absolute atomic E-state index is 0.577. The van der Waals surface area contributed by atoms with Crippen molar-refractivity contribution in [3.8, 4) is 11.6 Å². The van der Waals surface area contributed by atoms with Gasteiger partial charge in [0.25, 0.3) is 0 Å². The summed E-state index contributed by atoms with van der Waals surface area (Å²) in [6.45, 7) is 2.05. The molecule has 0 spiro atoms. The van der Waals surface area contributed by atoms with Crippen molar-refractivity contribution in [1.29, 1.82) is 0 Å². The second-order valence-corrected chi connectivity index (χ2v) is 4.54. The zero-order chi connectivity index (χ0) is 14.7. The summed E-state index contributed by atoms with van der Waals surface area (Å²) >= 11 is 0. The normalized spacial score (nSPS) is 10.6. The maximum Gasteiger partial charge on any atom is 0.227 e. The van der Waals surface area contributed by atoms with Gasteiger partial charge in [0.1, 0.15) is 17.9 Å². The van der Waals surface area contributed by atoms with E-state index in [-0.39, 0.29) is 0 Å². The van der Waals surface area contributed by atoms with Crippen molar-refractivity contribution in [3.63, 3.8) is 0 Å². The fourth-order valence-electron chi connectivity index (χ4n) is 2.29. The Morgan fingerprint density at radius 2 is 2.00 bits per heavy atom. The monoisotopic (exact) mass is 280 g/mol. The van der Waals surface area contributed by atoms with Crippen LogP contribution in [0.2, 0.25) is 0 Å². The first-order chi connectivity index (χ1) is 10.3. The molecular weight excluding hydrogens is 264 g/mol. The molecule has 3 rings (SSSR count). The lowest BCUT2D eigenvalue weighted by molar-refractivity contribution is 0.460. The van der Waals surface area contributed by atoms with Gasteiger partial charge in [-0.25, -0.2) is 9.97 Å². The van der Waals surface area contributed by atoms with Gasteiger partial charge in [0.2, 0.25) is 5.88 Å². The number of rotatable bonds is 4. The van der Waals surface area contributed by atoms with Crippen molar-refractivity contribution in [2.45, 2.75) is 13.3 Å². The topological polar surface area (TPSA) is 59.9 Å². The Morgan fingerprint density at radius 1 is 1.10 bits per heavy atom. The number of hydrogen-bond donors (Lipinski definition) is 1.